The Morgan fingerprint density at radius 2 is 1.70 bits per heavy atom. The summed E-state index contributed by atoms with van der Waals surface area (Å²) in [4.78, 5) is 37.9. The summed E-state index contributed by atoms with van der Waals surface area (Å²) in [6, 6.07) is 8.69. The van der Waals surface area contributed by atoms with Gasteiger partial charge in [-0.2, -0.15) is 0 Å². The normalized spacial score (nSPS) is 16.8. The van der Waals surface area contributed by atoms with Gasteiger partial charge in [0.15, 0.2) is 0 Å². The lowest BCUT2D eigenvalue weighted by Gasteiger charge is -2.36. The van der Waals surface area contributed by atoms with Crippen molar-refractivity contribution in [2.45, 2.75) is 70.9 Å². The Morgan fingerprint density at radius 3 is 2.27 bits per heavy atom. The highest BCUT2D eigenvalue weighted by Crippen LogP contribution is 2.36. The molecule has 1 aliphatic carbocycles. The van der Waals surface area contributed by atoms with E-state index in [4.69, 9.17) is 4.74 Å². The molecule has 0 aromatic heterocycles. The lowest BCUT2D eigenvalue weighted by Crippen LogP contribution is -2.54. The predicted octanol–water partition coefficient (Wildman–Crippen LogP) is 2.94. The van der Waals surface area contributed by atoms with Crippen molar-refractivity contribution in [1.29, 1.82) is 0 Å². The molecule has 0 bridgehead atoms. The van der Waals surface area contributed by atoms with Gasteiger partial charge in [0.05, 0.1) is 5.41 Å². The molecule has 7 heteroatoms. The molecule has 1 atom stereocenters. The van der Waals surface area contributed by atoms with Crippen LogP contribution in [-0.2, 0) is 20.7 Å². The second-order valence-electron chi connectivity index (χ2n) is 9.03. The lowest BCUT2D eigenvalue weighted by molar-refractivity contribution is -0.133. The topological polar surface area (TPSA) is 96.5 Å². The molecule has 30 heavy (non-hydrogen) atoms. The molecule has 7 nitrogen and oxygen atoms in total. The molecule has 0 spiro atoms. The Balaban J connectivity index is 2.10. The van der Waals surface area contributed by atoms with Crippen molar-refractivity contribution in [3.63, 3.8) is 0 Å². The number of hydrogen-bond acceptors (Lipinski definition) is 4. The largest absolute Gasteiger partial charge is 0.444 e. The molecule has 1 saturated carbocycles. The van der Waals surface area contributed by atoms with E-state index >= 15 is 0 Å². The third-order valence-electron chi connectivity index (χ3n) is 5.41. The van der Waals surface area contributed by atoms with Crippen molar-refractivity contribution in [1.82, 2.24) is 16.0 Å². The lowest BCUT2D eigenvalue weighted by atomic mass is 9.73. The molecule has 0 aliphatic heterocycles. The number of nitrogens with one attached hydrogen (secondary N) is 3. The maximum Gasteiger partial charge on any atom is 0.408 e. The van der Waals surface area contributed by atoms with Crippen LogP contribution in [0, 0.1) is 5.41 Å². The highest BCUT2D eigenvalue weighted by atomic mass is 16.6. The molecule has 166 valence electrons. The monoisotopic (exact) mass is 417 g/mol. The van der Waals surface area contributed by atoms with E-state index in [0.717, 1.165) is 37.7 Å². The van der Waals surface area contributed by atoms with Gasteiger partial charge < -0.3 is 20.7 Å². The summed E-state index contributed by atoms with van der Waals surface area (Å²) < 4.78 is 5.33. The summed E-state index contributed by atoms with van der Waals surface area (Å²) in [7, 11) is 1.63. The Kier molecular flexibility index (Phi) is 8.26. The van der Waals surface area contributed by atoms with Gasteiger partial charge in [-0.05, 0) is 39.2 Å². The first-order valence-electron chi connectivity index (χ1n) is 10.7. The first-order chi connectivity index (χ1) is 14.1. The van der Waals surface area contributed by atoms with Crippen LogP contribution < -0.4 is 16.0 Å². The molecule has 0 heterocycles. The van der Waals surface area contributed by atoms with Crippen molar-refractivity contribution in [3.05, 3.63) is 35.9 Å². The van der Waals surface area contributed by atoms with E-state index in [-0.39, 0.29) is 18.4 Å². The quantitative estimate of drug-likeness (QED) is 0.635. The number of carbonyl (C=O) groups excluding carboxylic acids is 3. The molecular weight excluding hydrogens is 382 g/mol. The highest BCUT2D eigenvalue weighted by Gasteiger charge is 2.39. The molecular formula is C23H35N3O4. The van der Waals surface area contributed by atoms with Crippen LogP contribution in [0.2, 0.25) is 0 Å². The molecule has 0 unspecified atom stereocenters. The van der Waals surface area contributed by atoms with E-state index < -0.39 is 23.2 Å². The van der Waals surface area contributed by atoms with E-state index in [0.29, 0.717) is 6.42 Å². The second kappa shape index (κ2) is 10.5. The van der Waals surface area contributed by atoms with Gasteiger partial charge in [-0.3, -0.25) is 9.59 Å². The first kappa shape index (κ1) is 23.7. The standard InChI is InChI=1S/C23H35N3O4/c1-22(2,3)30-21(29)26-18(15-17-11-7-5-8-12-17)19(27)25-16-23(20(28)24-4)13-9-6-10-14-23/h5,7-8,11-12,18H,6,9-10,13-16H2,1-4H3,(H,24,28)(H,25,27)(H,26,29)/t18-/m0/s1. The van der Waals surface area contributed by atoms with Gasteiger partial charge in [-0.15, -0.1) is 0 Å². The molecule has 1 aromatic rings. The first-order valence-corrected chi connectivity index (χ1v) is 10.7. The van der Waals surface area contributed by atoms with Crippen molar-refractivity contribution >= 4 is 17.9 Å². The molecule has 2 rings (SSSR count). The average Bonchev–Trinajstić information content (AvgIpc) is 2.71. The van der Waals surface area contributed by atoms with Gasteiger partial charge in [0.25, 0.3) is 0 Å². The van der Waals surface area contributed by atoms with Crippen LogP contribution in [0.5, 0.6) is 0 Å². The highest BCUT2D eigenvalue weighted by molar-refractivity contribution is 5.87. The van der Waals surface area contributed by atoms with Crippen LogP contribution in [0.3, 0.4) is 0 Å². The van der Waals surface area contributed by atoms with Gasteiger partial charge in [0, 0.05) is 20.0 Å². The Labute approximate surface area is 179 Å². The van der Waals surface area contributed by atoms with Gasteiger partial charge in [0.2, 0.25) is 11.8 Å². The smallest absolute Gasteiger partial charge is 0.408 e. The fraction of sp³-hybridized carbons (Fsp3) is 0.609. The summed E-state index contributed by atoms with van der Waals surface area (Å²) in [5, 5.41) is 8.36. The summed E-state index contributed by atoms with van der Waals surface area (Å²) in [5.41, 5.74) is -0.331. The van der Waals surface area contributed by atoms with Crippen LogP contribution in [0.1, 0.15) is 58.4 Å². The Hall–Kier alpha value is -2.57. The number of benzene rings is 1. The number of amides is 3. The molecule has 0 saturated heterocycles. The SMILES string of the molecule is CNC(=O)C1(CNC(=O)[C@H](Cc2ccccc2)NC(=O)OC(C)(C)C)CCCCC1. The minimum Gasteiger partial charge on any atom is -0.444 e. The van der Waals surface area contributed by atoms with Crippen molar-refractivity contribution < 1.29 is 19.1 Å². The van der Waals surface area contributed by atoms with Gasteiger partial charge >= 0.3 is 6.09 Å². The van der Waals surface area contributed by atoms with Crippen molar-refractivity contribution in [2.75, 3.05) is 13.6 Å². The summed E-state index contributed by atoms with van der Waals surface area (Å²) in [6.07, 6.45) is 4.21. The molecule has 3 amide bonds. The number of alkyl carbamates (subject to hydrolysis) is 1. The third kappa shape index (κ3) is 7.04. The van der Waals surface area contributed by atoms with Gasteiger partial charge in [-0.25, -0.2) is 4.79 Å². The number of rotatable bonds is 7. The van der Waals surface area contributed by atoms with Crippen LogP contribution in [0.4, 0.5) is 4.79 Å². The molecule has 3 N–H and O–H groups in total. The average molecular weight is 418 g/mol. The summed E-state index contributed by atoms with van der Waals surface area (Å²) >= 11 is 0. The Morgan fingerprint density at radius 1 is 1.07 bits per heavy atom. The number of hydrogen-bond donors (Lipinski definition) is 3. The Bertz CT molecular complexity index is 722. The van der Waals surface area contributed by atoms with Crippen LogP contribution in [0.25, 0.3) is 0 Å². The zero-order valence-electron chi connectivity index (χ0n) is 18.5. The zero-order valence-corrected chi connectivity index (χ0v) is 18.5. The fourth-order valence-electron chi connectivity index (χ4n) is 3.87. The van der Waals surface area contributed by atoms with Gasteiger partial charge in [0.1, 0.15) is 11.6 Å². The summed E-state index contributed by atoms with van der Waals surface area (Å²) in [6.45, 7) is 5.58. The summed E-state index contributed by atoms with van der Waals surface area (Å²) in [5.74, 6) is -0.360. The van der Waals surface area contributed by atoms with E-state index in [1.54, 1.807) is 27.8 Å². The fourth-order valence-corrected chi connectivity index (χ4v) is 3.87. The molecule has 1 aromatic carbocycles. The molecule has 1 aliphatic rings. The van der Waals surface area contributed by atoms with Crippen molar-refractivity contribution in [3.8, 4) is 0 Å². The van der Waals surface area contributed by atoms with Gasteiger partial charge in [-0.1, -0.05) is 49.6 Å². The van der Waals surface area contributed by atoms with Crippen LogP contribution >= 0.6 is 0 Å². The number of ether oxygens (including phenoxy) is 1. The predicted molar refractivity (Wildman–Crippen MR) is 116 cm³/mol. The van der Waals surface area contributed by atoms with Crippen molar-refractivity contribution in [2.24, 2.45) is 5.41 Å². The molecule has 0 radical (unpaired) electrons. The van der Waals surface area contributed by atoms with E-state index in [1.165, 1.54) is 0 Å². The van der Waals surface area contributed by atoms with E-state index in [1.807, 2.05) is 30.3 Å². The second-order valence-corrected chi connectivity index (χ2v) is 9.03. The van der Waals surface area contributed by atoms with Crippen LogP contribution in [0.15, 0.2) is 30.3 Å². The zero-order chi connectivity index (χ0) is 22.2. The van der Waals surface area contributed by atoms with E-state index in [2.05, 4.69) is 16.0 Å². The van der Waals surface area contributed by atoms with Crippen LogP contribution in [-0.4, -0.2) is 43.1 Å². The van der Waals surface area contributed by atoms with E-state index in [9.17, 15) is 14.4 Å². The minimum absolute atomic E-state index is 0.0396. The minimum atomic E-state index is -0.799. The number of carbonyl (C=O) groups is 3. The maximum absolute atomic E-state index is 13.0. The maximum atomic E-state index is 13.0. The molecule has 1 fully saturated rings. The third-order valence-corrected chi connectivity index (χ3v) is 5.41.